The second-order valence-corrected chi connectivity index (χ2v) is 4.44. The van der Waals surface area contributed by atoms with Crippen molar-refractivity contribution in [3.05, 3.63) is 58.9 Å². The minimum atomic E-state index is 1.21. The third-order valence-corrected chi connectivity index (χ3v) is 2.93. The Hall–Kier alpha value is -1.54. The number of rotatable bonds is 0. The van der Waals surface area contributed by atoms with Gasteiger partial charge in [0.25, 0.3) is 0 Å². The number of thiophene rings is 1. The quantitative estimate of drug-likeness (QED) is 0.577. The summed E-state index contributed by atoms with van der Waals surface area (Å²) < 4.78 is 0. The molecule has 1 N–H and O–H groups in total. The second kappa shape index (κ2) is 4.80. The average Bonchev–Trinajstić information content (AvgIpc) is 2.88. The van der Waals surface area contributed by atoms with E-state index in [1.165, 1.54) is 15.8 Å². The van der Waals surface area contributed by atoms with E-state index in [4.69, 9.17) is 0 Å². The van der Waals surface area contributed by atoms with Gasteiger partial charge in [0.15, 0.2) is 0 Å². The summed E-state index contributed by atoms with van der Waals surface area (Å²) in [7, 11) is 0. The Morgan fingerprint density at radius 3 is 2.47 bits per heavy atom. The third kappa shape index (κ3) is 2.70. The van der Waals surface area contributed by atoms with E-state index in [2.05, 4.69) is 47.6 Å². The average molecular weight is 215 g/mol. The summed E-state index contributed by atoms with van der Waals surface area (Å²) in [6.07, 6.45) is 1.95. The zero-order chi connectivity index (χ0) is 10.5. The van der Waals surface area contributed by atoms with Gasteiger partial charge in [-0.2, -0.15) is 0 Å². The van der Waals surface area contributed by atoms with E-state index in [-0.39, 0.29) is 0 Å². The van der Waals surface area contributed by atoms with Crippen LogP contribution in [0.3, 0.4) is 0 Å². The minimum Gasteiger partial charge on any atom is -0.361 e. The molecule has 0 aliphatic carbocycles. The van der Waals surface area contributed by atoms with Gasteiger partial charge in [-0.3, -0.25) is 0 Å². The van der Waals surface area contributed by atoms with Crippen LogP contribution in [0.5, 0.6) is 0 Å². The van der Waals surface area contributed by atoms with Crippen LogP contribution in [0, 0.1) is 6.92 Å². The highest BCUT2D eigenvalue weighted by Gasteiger charge is 1.86. The molecule has 0 unspecified atom stereocenters. The van der Waals surface area contributed by atoms with Crippen molar-refractivity contribution in [1.82, 2.24) is 4.98 Å². The minimum absolute atomic E-state index is 1.21. The molecule has 3 rings (SSSR count). The van der Waals surface area contributed by atoms with Crippen molar-refractivity contribution >= 4 is 22.2 Å². The molecule has 2 heterocycles. The van der Waals surface area contributed by atoms with Gasteiger partial charge in [0.1, 0.15) is 0 Å². The highest BCUT2D eigenvalue weighted by atomic mass is 32.1. The molecule has 15 heavy (non-hydrogen) atoms. The molecule has 3 aromatic rings. The Morgan fingerprint density at radius 1 is 1.00 bits per heavy atom. The molecule has 0 atom stereocenters. The monoisotopic (exact) mass is 215 g/mol. The molecule has 2 heteroatoms. The van der Waals surface area contributed by atoms with Crippen LogP contribution in [0.2, 0.25) is 0 Å². The van der Waals surface area contributed by atoms with Gasteiger partial charge in [-0.25, -0.2) is 0 Å². The molecule has 0 radical (unpaired) electrons. The van der Waals surface area contributed by atoms with Crippen LogP contribution in [0.15, 0.2) is 54.0 Å². The van der Waals surface area contributed by atoms with E-state index in [1.54, 1.807) is 11.3 Å². The number of aryl methyl sites for hydroxylation is 1. The molecule has 0 fully saturated rings. The highest BCUT2D eigenvalue weighted by Crippen LogP contribution is 2.09. The van der Waals surface area contributed by atoms with Crippen LogP contribution in [-0.2, 0) is 0 Å². The number of hydrogen-bond acceptors (Lipinski definition) is 1. The van der Waals surface area contributed by atoms with Gasteiger partial charge in [0.2, 0.25) is 0 Å². The second-order valence-electron chi connectivity index (χ2n) is 3.29. The van der Waals surface area contributed by atoms with E-state index >= 15 is 0 Å². The lowest BCUT2D eigenvalue weighted by Gasteiger charge is -1.83. The maximum atomic E-state index is 3.12. The lowest BCUT2D eigenvalue weighted by Crippen LogP contribution is -1.61. The first-order valence-corrected chi connectivity index (χ1v) is 5.76. The van der Waals surface area contributed by atoms with Crippen molar-refractivity contribution < 1.29 is 0 Å². The normalized spacial score (nSPS) is 9.67. The van der Waals surface area contributed by atoms with E-state index in [0.29, 0.717) is 0 Å². The van der Waals surface area contributed by atoms with Crippen molar-refractivity contribution in [1.29, 1.82) is 0 Å². The largest absolute Gasteiger partial charge is 0.361 e. The highest BCUT2D eigenvalue weighted by molar-refractivity contribution is 7.09. The lowest BCUT2D eigenvalue weighted by molar-refractivity contribution is 1.48. The Labute approximate surface area is 93.4 Å². The summed E-state index contributed by atoms with van der Waals surface area (Å²) >= 11 is 1.78. The predicted octanol–water partition coefficient (Wildman–Crippen LogP) is 4.22. The first kappa shape index (κ1) is 9.99. The lowest BCUT2D eigenvalue weighted by atomic mass is 10.3. The zero-order valence-corrected chi connectivity index (χ0v) is 9.42. The molecule has 0 amide bonds. The number of nitrogens with one attached hydrogen (secondary N) is 1. The topological polar surface area (TPSA) is 15.8 Å². The standard InChI is InChI=1S/C8H7N.C5H6S/c1-2-4-8-7(3-1)5-6-9-8;1-5-3-2-4-6-5/h1-6,9H;2-4H,1H3. The van der Waals surface area contributed by atoms with Crippen molar-refractivity contribution in [2.75, 3.05) is 0 Å². The fourth-order valence-electron chi connectivity index (χ4n) is 1.36. The summed E-state index contributed by atoms with van der Waals surface area (Å²) in [6.45, 7) is 2.10. The number of fused-ring (bicyclic) bond motifs is 1. The molecular formula is C13H13NS. The van der Waals surface area contributed by atoms with Crippen LogP contribution >= 0.6 is 11.3 Å². The van der Waals surface area contributed by atoms with Gasteiger partial charge >= 0.3 is 0 Å². The Bertz CT molecular complexity index is 478. The van der Waals surface area contributed by atoms with E-state index in [9.17, 15) is 0 Å². The van der Waals surface area contributed by atoms with Gasteiger partial charge in [0.05, 0.1) is 0 Å². The van der Waals surface area contributed by atoms with Crippen LogP contribution in [0.25, 0.3) is 10.9 Å². The number of para-hydroxylation sites is 1. The van der Waals surface area contributed by atoms with Gasteiger partial charge < -0.3 is 4.98 Å². The van der Waals surface area contributed by atoms with Crippen molar-refractivity contribution in [2.24, 2.45) is 0 Å². The summed E-state index contributed by atoms with van der Waals surface area (Å²) in [5.74, 6) is 0. The van der Waals surface area contributed by atoms with Crippen molar-refractivity contribution in [2.45, 2.75) is 6.92 Å². The first-order chi connectivity index (χ1) is 7.36. The van der Waals surface area contributed by atoms with Crippen LogP contribution in [-0.4, -0.2) is 4.98 Å². The number of aromatic nitrogens is 1. The fraction of sp³-hybridized carbons (Fsp3) is 0.0769. The molecule has 0 bridgehead atoms. The molecule has 76 valence electrons. The summed E-state index contributed by atoms with van der Waals surface area (Å²) in [6, 6.07) is 14.4. The van der Waals surface area contributed by atoms with E-state index in [0.717, 1.165) is 0 Å². The number of aromatic amines is 1. The summed E-state index contributed by atoms with van der Waals surface area (Å²) in [5, 5.41) is 3.35. The van der Waals surface area contributed by atoms with E-state index < -0.39 is 0 Å². The van der Waals surface area contributed by atoms with Crippen molar-refractivity contribution in [3.8, 4) is 0 Å². The van der Waals surface area contributed by atoms with Gasteiger partial charge in [-0.15, -0.1) is 11.3 Å². The van der Waals surface area contributed by atoms with Crippen molar-refractivity contribution in [3.63, 3.8) is 0 Å². The summed E-state index contributed by atoms with van der Waals surface area (Å²) in [4.78, 5) is 4.50. The molecule has 2 aromatic heterocycles. The Balaban J connectivity index is 0.000000124. The SMILES string of the molecule is Cc1cccs1.c1ccc2[nH]ccc2c1. The van der Waals surface area contributed by atoms with E-state index in [1.807, 2.05) is 18.3 Å². The zero-order valence-electron chi connectivity index (χ0n) is 8.60. The fourth-order valence-corrected chi connectivity index (χ4v) is 1.88. The number of hydrogen-bond donors (Lipinski definition) is 1. The first-order valence-electron chi connectivity index (χ1n) is 4.88. The Morgan fingerprint density at radius 2 is 1.87 bits per heavy atom. The van der Waals surface area contributed by atoms with Crippen LogP contribution in [0.4, 0.5) is 0 Å². The predicted molar refractivity (Wildman–Crippen MR) is 67.4 cm³/mol. The number of benzene rings is 1. The molecule has 1 nitrogen and oxygen atoms in total. The van der Waals surface area contributed by atoms with Gasteiger partial charge in [-0.1, -0.05) is 24.3 Å². The molecule has 0 saturated heterocycles. The smallest absolute Gasteiger partial charge is 0.0453 e. The molecule has 0 aliphatic heterocycles. The van der Waals surface area contributed by atoms with Crippen LogP contribution < -0.4 is 0 Å². The van der Waals surface area contributed by atoms with Gasteiger partial charge in [0, 0.05) is 16.6 Å². The molecule has 0 saturated carbocycles. The summed E-state index contributed by atoms with van der Waals surface area (Å²) in [5.41, 5.74) is 1.21. The maximum Gasteiger partial charge on any atom is 0.0453 e. The molecule has 0 aliphatic rings. The molecule has 0 spiro atoms. The molecule has 1 aromatic carbocycles. The number of H-pyrrole nitrogens is 1. The third-order valence-electron chi connectivity index (χ3n) is 2.13. The van der Waals surface area contributed by atoms with Crippen LogP contribution in [0.1, 0.15) is 4.88 Å². The maximum absolute atomic E-state index is 3.12. The Kier molecular flexibility index (Phi) is 3.20. The van der Waals surface area contributed by atoms with Gasteiger partial charge in [-0.05, 0) is 35.9 Å². The molecular weight excluding hydrogens is 202 g/mol.